The number of benzene rings is 3. The zero-order valence-corrected chi connectivity index (χ0v) is 15.0. The first-order valence-corrected chi connectivity index (χ1v) is 8.63. The average molecular weight is 372 g/mol. The normalized spacial score (nSPS) is 10.8. The molecule has 0 radical (unpaired) electrons. The minimum atomic E-state index is -0.563. The van der Waals surface area contributed by atoms with Crippen molar-refractivity contribution in [3.05, 3.63) is 88.0 Å². The summed E-state index contributed by atoms with van der Waals surface area (Å²) in [5.74, 6) is 0.152. The number of nitro benzene ring substituents is 1. The number of nitro groups is 1. The Morgan fingerprint density at radius 1 is 1.07 bits per heavy atom. The summed E-state index contributed by atoms with van der Waals surface area (Å²) in [5, 5.41) is 14.0. The van der Waals surface area contributed by atoms with Crippen molar-refractivity contribution in [1.29, 1.82) is 0 Å². The molecule has 0 saturated carbocycles. The topological polar surface area (TPSA) is 101 Å². The summed E-state index contributed by atoms with van der Waals surface area (Å²) in [7, 11) is 0. The van der Waals surface area contributed by atoms with Crippen molar-refractivity contribution in [1.82, 2.24) is 9.97 Å². The van der Waals surface area contributed by atoms with Gasteiger partial charge in [0.1, 0.15) is 11.4 Å². The smallest absolute Gasteiger partial charge is 0.282 e. The molecule has 0 unspecified atom stereocenters. The standard InChI is InChI=1S/C21H16N4O3/c1-13-10-11-14(20-22-16-7-3-4-8-17(16)23-20)12-18(13)24-21(26)15-6-2-5-9-19(15)25(27)28/h2-12H,1H3,(H,22,23)(H,24,26). The first-order valence-electron chi connectivity index (χ1n) is 8.63. The van der Waals surface area contributed by atoms with E-state index in [-0.39, 0.29) is 11.3 Å². The SMILES string of the molecule is Cc1ccc(-c2nc3ccccc3[nH]2)cc1NC(=O)c1ccccc1[N+](=O)[O-]. The molecule has 1 heterocycles. The lowest BCUT2D eigenvalue weighted by Gasteiger charge is -2.10. The lowest BCUT2D eigenvalue weighted by atomic mass is 10.1. The third kappa shape index (κ3) is 3.21. The number of amides is 1. The minimum Gasteiger partial charge on any atom is -0.338 e. The maximum Gasteiger partial charge on any atom is 0.282 e. The largest absolute Gasteiger partial charge is 0.338 e. The van der Waals surface area contributed by atoms with Gasteiger partial charge in [-0.05, 0) is 36.8 Å². The van der Waals surface area contributed by atoms with Gasteiger partial charge in [0, 0.05) is 17.3 Å². The van der Waals surface area contributed by atoms with E-state index in [1.807, 2.05) is 43.3 Å². The molecule has 0 aliphatic carbocycles. The van der Waals surface area contributed by atoms with Gasteiger partial charge in [0.05, 0.1) is 16.0 Å². The number of fused-ring (bicyclic) bond motifs is 1. The molecule has 7 nitrogen and oxygen atoms in total. The molecule has 1 aromatic heterocycles. The number of hydrogen-bond donors (Lipinski definition) is 2. The van der Waals surface area contributed by atoms with E-state index in [0.29, 0.717) is 11.5 Å². The Morgan fingerprint density at radius 2 is 1.82 bits per heavy atom. The summed E-state index contributed by atoms with van der Waals surface area (Å²) in [6.45, 7) is 1.86. The predicted octanol–water partition coefficient (Wildman–Crippen LogP) is 4.70. The monoisotopic (exact) mass is 372 g/mol. The third-order valence-electron chi connectivity index (χ3n) is 4.49. The van der Waals surface area contributed by atoms with Crippen molar-refractivity contribution >= 4 is 28.3 Å². The van der Waals surface area contributed by atoms with Gasteiger partial charge in [0.2, 0.25) is 0 Å². The number of nitrogens with one attached hydrogen (secondary N) is 2. The lowest BCUT2D eigenvalue weighted by molar-refractivity contribution is -0.385. The second-order valence-corrected chi connectivity index (χ2v) is 6.36. The fraction of sp³-hybridized carbons (Fsp3) is 0.0476. The second kappa shape index (κ2) is 6.96. The van der Waals surface area contributed by atoms with E-state index in [1.165, 1.54) is 18.2 Å². The van der Waals surface area contributed by atoms with Gasteiger partial charge in [-0.1, -0.05) is 36.4 Å². The number of carbonyl (C=O) groups is 1. The van der Waals surface area contributed by atoms with E-state index in [1.54, 1.807) is 12.1 Å². The van der Waals surface area contributed by atoms with Crippen LogP contribution in [0, 0.1) is 17.0 Å². The number of aromatic nitrogens is 2. The van der Waals surface area contributed by atoms with E-state index < -0.39 is 10.8 Å². The van der Waals surface area contributed by atoms with Gasteiger partial charge < -0.3 is 10.3 Å². The third-order valence-corrected chi connectivity index (χ3v) is 4.49. The summed E-state index contributed by atoms with van der Waals surface area (Å²) in [6.07, 6.45) is 0. The molecule has 28 heavy (non-hydrogen) atoms. The summed E-state index contributed by atoms with van der Waals surface area (Å²) >= 11 is 0. The molecule has 0 bridgehead atoms. The molecule has 0 spiro atoms. The van der Waals surface area contributed by atoms with Crippen molar-refractivity contribution < 1.29 is 9.72 Å². The van der Waals surface area contributed by atoms with Gasteiger partial charge in [0.25, 0.3) is 11.6 Å². The van der Waals surface area contributed by atoms with Crippen LogP contribution in [0.4, 0.5) is 11.4 Å². The molecule has 138 valence electrons. The molecule has 7 heteroatoms. The van der Waals surface area contributed by atoms with Crippen LogP contribution in [-0.4, -0.2) is 20.8 Å². The van der Waals surface area contributed by atoms with Gasteiger partial charge >= 0.3 is 0 Å². The molecule has 4 aromatic rings. The Labute approximate surface area is 160 Å². The number of H-pyrrole nitrogens is 1. The van der Waals surface area contributed by atoms with Gasteiger partial charge in [-0.15, -0.1) is 0 Å². The van der Waals surface area contributed by atoms with Crippen LogP contribution < -0.4 is 5.32 Å². The van der Waals surface area contributed by atoms with Crippen molar-refractivity contribution in [2.45, 2.75) is 6.92 Å². The molecular weight excluding hydrogens is 356 g/mol. The minimum absolute atomic E-state index is 0.0149. The highest BCUT2D eigenvalue weighted by Gasteiger charge is 2.20. The maximum atomic E-state index is 12.6. The highest BCUT2D eigenvalue weighted by molar-refractivity contribution is 6.07. The molecule has 0 saturated heterocycles. The van der Waals surface area contributed by atoms with E-state index in [9.17, 15) is 14.9 Å². The Balaban J connectivity index is 1.68. The summed E-state index contributed by atoms with van der Waals surface area (Å²) in [5.41, 5.74) is 3.77. The number of carbonyl (C=O) groups excluding carboxylic acids is 1. The quantitative estimate of drug-likeness (QED) is 0.400. The van der Waals surface area contributed by atoms with Crippen LogP contribution in [0.5, 0.6) is 0 Å². The molecule has 0 aliphatic rings. The molecule has 0 atom stereocenters. The molecule has 2 N–H and O–H groups in total. The van der Waals surface area contributed by atoms with Crippen molar-refractivity contribution in [3.8, 4) is 11.4 Å². The number of aryl methyl sites for hydroxylation is 1. The zero-order valence-electron chi connectivity index (χ0n) is 15.0. The number of imidazole rings is 1. The van der Waals surface area contributed by atoms with Crippen molar-refractivity contribution in [3.63, 3.8) is 0 Å². The highest BCUT2D eigenvalue weighted by Crippen LogP contribution is 2.27. The highest BCUT2D eigenvalue weighted by atomic mass is 16.6. The van der Waals surface area contributed by atoms with Crippen molar-refractivity contribution in [2.24, 2.45) is 0 Å². The number of anilines is 1. The first kappa shape index (κ1) is 17.4. The van der Waals surface area contributed by atoms with Crippen LogP contribution in [0.15, 0.2) is 66.7 Å². The Hall–Kier alpha value is -4.00. The number of para-hydroxylation sites is 3. The molecule has 1 amide bonds. The van der Waals surface area contributed by atoms with E-state index in [4.69, 9.17) is 0 Å². The summed E-state index contributed by atoms with van der Waals surface area (Å²) in [6, 6.07) is 19.2. The molecule has 4 rings (SSSR count). The van der Waals surface area contributed by atoms with Crippen LogP contribution in [0.1, 0.15) is 15.9 Å². The number of rotatable bonds is 4. The van der Waals surface area contributed by atoms with E-state index in [0.717, 1.165) is 22.2 Å². The molecule has 0 aliphatic heterocycles. The average Bonchev–Trinajstić information content (AvgIpc) is 3.13. The van der Waals surface area contributed by atoms with Gasteiger partial charge in [-0.2, -0.15) is 0 Å². The molecule has 0 fully saturated rings. The Bertz CT molecular complexity index is 1180. The van der Waals surface area contributed by atoms with E-state index >= 15 is 0 Å². The van der Waals surface area contributed by atoms with Crippen LogP contribution in [-0.2, 0) is 0 Å². The summed E-state index contributed by atoms with van der Waals surface area (Å²) in [4.78, 5) is 31.1. The number of hydrogen-bond acceptors (Lipinski definition) is 4. The molecular formula is C21H16N4O3. The number of aromatic amines is 1. The van der Waals surface area contributed by atoms with E-state index in [2.05, 4.69) is 15.3 Å². The van der Waals surface area contributed by atoms with Gasteiger partial charge in [0.15, 0.2) is 0 Å². The number of nitrogens with zero attached hydrogens (tertiary/aromatic N) is 2. The maximum absolute atomic E-state index is 12.6. The van der Waals surface area contributed by atoms with Crippen LogP contribution in [0.2, 0.25) is 0 Å². The zero-order chi connectivity index (χ0) is 19.7. The summed E-state index contributed by atoms with van der Waals surface area (Å²) < 4.78 is 0. The Morgan fingerprint density at radius 3 is 2.61 bits per heavy atom. The fourth-order valence-electron chi connectivity index (χ4n) is 3.01. The van der Waals surface area contributed by atoms with Gasteiger partial charge in [-0.25, -0.2) is 4.98 Å². The fourth-order valence-corrected chi connectivity index (χ4v) is 3.01. The van der Waals surface area contributed by atoms with Gasteiger partial charge in [-0.3, -0.25) is 14.9 Å². The second-order valence-electron chi connectivity index (χ2n) is 6.36. The lowest BCUT2D eigenvalue weighted by Crippen LogP contribution is -2.14. The van der Waals surface area contributed by atoms with Crippen molar-refractivity contribution in [2.75, 3.05) is 5.32 Å². The first-order chi connectivity index (χ1) is 13.5. The Kier molecular flexibility index (Phi) is 4.33. The molecule has 3 aromatic carbocycles. The van der Waals surface area contributed by atoms with Crippen LogP contribution >= 0.6 is 0 Å². The van der Waals surface area contributed by atoms with Crippen LogP contribution in [0.3, 0.4) is 0 Å². The van der Waals surface area contributed by atoms with Crippen LogP contribution in [0.25, 0.3) is 22.4 Å². The predicted molar refractivity (Wildman–Crippen MR) is 107 cm³/mol.